The fourth-order valence-corrected chi connectivity index (χ4v) is 8.18. The van der Waals surface area contributed by atoms with Crippen molar-refractivity contribution in [3.8, 4) is 67.5 Å². The lowest BCUT2D eigenvalue weighted by Gasteiger charge is -2.15. The summed E-state index contributed by atoms with van der Waals surface area (Å²) in [5.41, 5.74) is 11.7. The van der Waals surface area contributed by atoms with E-state index in [0.717, 1.165) is 67.1 Å². The lowest BCUT2D eigenvalue weighted by molar-refractivity contribution is 1.16. The average Bonchev–Trinajstić information content (AvgIpc) is 3.31. The molecule has 3 aromatic heterocycles. The van der Waals surface area contributed by atoms with E-state index in [0.29, 0.717) is 5.82 Å². The molecular formula is C54H34N4. The fraction of sp³-hybridized carbons (Fsp3) is 0. The van der Waals surface area contributed by atoms with Crippen LogP contribution < -0.4 is 0 Å². The summed E-state index contributed by atoms with van der Waals surface area (Å²) in [6.45, 7) is 0. The zero-order chi connectivity index (χ0) is 38.4. The third kappa shape index (κ3) is 6.05. The van der Waals surface area contributed by atoms with Crippen molar-refractivity contribution in [2.24, 2.45) is 0 Å². The zero-order valence-corrected chi connectivity index (χ0v) is 31.4. The summed E-state index contributed by atoms with van der Waals surface area (Å²) in [4.78, 5) is 20.4. The molecule has 0 saturated carbocycles. The van der Waals surface area contributed by atoms with Gasteiger partial charge in [-0.15, -0.1) is 0 Å². The van der Waals surface area contributed by atoms with Crippen LogP contribution >= 0.6 is 0 Å². The largest absolute Gasteiger partial charge is 0.254 e. The van der Waals surface area contributed by atoms with Crippen LogP contribution in [0, 0.1) is 0 Å². The molecule has 11 rings (SSSR count). The van der Waals surface area contributed by atoms with Gasteiger partial charge in [0, 0.05) is 33.8 Å². The van der Waals surface area contributed by atoms with Crippen LogP contribution in [0.1, 0.15) is 0 Å². The first kappa shape index (κ1) is 33.5. The van der Waals surface area contributed by atoms with Crippen LogP contribution in [0.2, 0.25) is 0 Å². The number of rotatable bonds is 6. The number of fused-ring (bicyclic) bond motifs is 5. The van der Waals surface area contributed by atoms with Crippen molar-refractivity contribution in [1.29, 1.82) is 0 Å². The van der Waals surface area contributed by atoms with E-state index in [2.05, 4.69) is 146 Å². The molecule has 0 aliphatic rings. The van der Waals surface area contributed by atoms with Gasteiger partial charge in [0.25, 0.3) is 0 Å². The van der Waals surface area contributed by atoms with E-state index in [4.69, 9.17) is 19.9 Å². The van der Waals surface area contributed by atoms with Gasteiger partial charge in [-0.25, -0.2) is 15.0 Å². The number of pyridine rings is 2. The Labute approximate surface area is 335 Å². The second-order valence-corrected chi connectivity index (χ2v) is 14.7. The molecule has 11 aromatic rings. The normalized spacial score (nSPS) is 11.4. The molecule has 0 spiro atoms. The van der Waals surface area contributed by atoms with Gasteiger partial charge >= 0.3 is 0 Å². The molecule has 0 fully saturated rings. The van der Waals surface area contributed by atoms with Crippen LogP contribution in [0.5, 0.6) is 0 Å². The van der Waals surface area contributed by atoms with Crippen molar-refractivity contribution in [3.63, 3.8) is 0 Å². The summed E-state index contributed by atoms with van der Waals surface area (Å²) < 4.78 is 0. The molecule has 270 valence electrons. The molecule has 0 N–H and O–H groups in total. The summed E-state index contributed by atoms with van der Waals surface area (Å²) in [6.07, 6.45) is 1.97. The van der Waals surface area contributed by atoms with Gasteiger partial charge in [-0.3, -0.25) is 4.98 Å². The van der Waals surface area contributed by atoms with E-state index in [-0.39, 0.29) is 0 Å². The van der Waals surface area contributed by atoms with Crippen molar-refractivity contribution < 1.29 is 0 Å². The Bertz CT molecular complexity index is 3260. The lowest BCUT2D eigenvalue weighted by atomic mass is 9.91. The van der Waals surface area contributed by atoms with E-state index in [1.165, 1.54) is 37.9 Å². The smallest absolute Gasteiger partial charge is 0.160 e. The van der Waals surface area contributed by atoms with Gasteiger partial charge in [0.05, 0.1) is 28.3 Å². The Morgan fingerprint density at radius 3 is 1.69 bits per heavy atom. The Morgan fingerprint density at radius 1 is 0.276 bits per heavy atom. The monoisotopic (exact) mass is 738 g/mol. The van der Waals surface area contributed by atoms with Crippen LogP contribution in [0.4, 0.5) is 0 Å². The molecule has 3 heterocycles. The first-order chi connectivity index (χ1) is 28.7. The summed E-state index contributed by atoms with van der Waals surface area (Å²) in [5, 5.41) is 8.40. The Kier molecular flexibility index (Phi) is 8.11. The number of benzene rings is 8. The summed E-state index contributed by atoms with van der Waals surface area (Å²) in [6, 6.07) is 70.2. The minimum Gasteiger partial charge on any atom is -0.254 e. The highest BCUT2D eigenvalue weighted by atomic mass is 14.9. The minimum atomic E-state index is 0.664. The van der Waals surface area contributed by atoms with Crippen LogP contribution in [0.15, 0.2) is 206 Å². The first-order valence-electron chi connectivity index (χ1n) is 19.5. The van der Waals surface area contributed by atoms with Gasteiger partial charge < -0.3 is 0 Å². The SMILES string of the molecule is c1ccc(-c2cc(-c3ccc(-c4cc(-c5ccc6ccccc6c5)nc5ccc(-c6cc7ccccc7c7ccccc67)cc45)cn3)nc(-c3ccccc3)n2)cc1. The highest BCUT2D eigenvalue weighted by Gasteiger charge is 2.16. The molecule has 4 nitrogen and oxygen atoms in total. The molecule has 0 unspecified atom stereocenters. The average molecular weight is 739 g/mol. The van der Waals surface area contributed by atoms with Gasteiger partial charge in [-0.1, -0.05) is 158 Å². The third-order valence-corrected chi connectivity index (χ3v) is 11.1. The molecule has 0 radical (unpaired) electrons. The van der Waals surface area contributed by atoms with Gasteiger partial charge in [0.15, 0.2) is 5.82 Å². The number of aromatic nitrogens is 4. The van der Waals surface area contributed by atoms with E-state index >= 15 is 0 Å². The van der Waals surface area contributed by atoms with Crippen LogP contribution in [0.3, 0.4) is 0 Å². The molecule has 0 amide bonds. The molecule has 4 heteroatoms. The predicted molar refractivity (Wildman–Crippen MR) is 240 cm³/mol. The summed E-state index contributed by atoms with van der Waals surface area (Å²) >= 11 is 0. The third-order valence-electron chi connectivity index (χ3n) is 11.1. The summed E-state index contributed by atoms with van der Waals surface area (Å²) in [5.74, 6) is 0.664. The summed E-state index contributed by atoms with van der Waals surface area (Å²) in [7, 11) is 0. The second-order valence-electron chi connectivity index (χ2n) is 14.7. The van der Waals surface area contributed by atoms with Crippen LogP contribution in [-0.4, -0.2) is 19.9 Å². The van der Waals surface area contributed by atoms with E-state index in [1.54, 1.807) is 0 Å². The predicted octanol–water partition coefficient (Wildman–Crippen LogP) is 13.9. The Hall–Kier alpha value is -7.82. The number of hydrogen-bond acceptors (Lipinski definition) is 4. The molecule has 0 bridgehead atoms. The van der Waals surface area contributed by atoms with E-state index in [9.17, 15) is 0 Å². The maximum absolute atomic E-state index is 5.29. The van der Waals surface area contributed by atoms with Crippen LogP contribution in [-0.2, 0) is 0 Å². The van der Waals surface area contributed by atoms with E-state index in [1.807, 2.05) is 60.8 Å². The highest BCUT2D eigenvalue weighted by molar-refractivity contribution is 6.14. The maximum atomic E-state index is 5.29. The number of hydrogen-bond donors (Lipinski definition) is 0. The van der Waals surface area contributed by atoms with Gasteiger partial charge in [0.1, 0.15) is 0 Å². The van der Waals surface area contributed by atoms with Crippen molar-refractivity contribution in [2.45, 2.75) is 0 Å². The minimum absolute atomic E-state index is 0.664. The fourth-order valence-electron chi connectivity index (χ4n) is 8.18. The van der Waals surface area contributed by atoms with Crippen LogP contribution in [0.25, 0.3) is 111 Å². The highest BCUT2D eigenvalue weighted by Crippen LogP contribution is 2.39. The second kappa shape index (κ2) is 14.0. The lowest BCUT2D eigenvalue weighted by Crippen LogP contribution is -1.97. The van der Waals surface area contributed by atoms with Crippen molar-refractivity contribution in [2.75, 3.05) is 0 Å². The standard InChI is InChI=1S/C54H34N4/c1-3-14-36(15-4-1)52-33-53(58-54(57-52)37-16-5-2-6-17-37)50-28-26-42(34-55-50)47-32-51(41-24-23-35-13-7-8-18-38(35)29-41)56-49-27-25-40(31-48(47)49)46-30-39-19-9-10-20-43(39)44-21-11-12-22-45(44)46/h1-34H. The van der Waals surface area contributed by atoms with Crippen molar-refractivity contribution in [3.05, 3.63) is 206 Å². The van der Waals surface area contributed by atoms with E-state index < -0.39 is 0 Å². The Morgan fingerprint density at radius 2 is 0.897 bits per heavy atom. The molecular weight excluding hydrogens is 705 g/mol. The molecule has 8 aromatic carbocycles. The maximum Gasteiger partial charge on any atom is 0.160 e. The Balaban J connectivity index is 1.08. The molecule has 0 aliphatic carbocycles. The molecule has 58 heavy (non-hydrogen) atoms. The quantitative estimate of drug-likeness (QED) is 0.159. The molecule has 0 atom stereocenters. The van der Waals surface area contributed by atoms with Gasteiger partial charge in [-0.05, 0) is 91.5 Å². The van der Waals surface area contributed by atoms with Gasteiger partial charge in [-0.2, -0.15) is 0 Å². The number of nitrogens with zero attached hydrogens (tertiary/aromatic N) is 4. The van der Waals surface area contributed by atoms with Gasteiger partial charge in [0.2, 0.25) is 0 Å². The molecule has 0 saturated heterocycles. The van der Waals surface area contributed by atoms with Crippen molar-refractivity contribution >= 4 is 43.2 Å². The first-order valence-corrected chi connectivity index (χ1v) is 19.5. The zero-order valence-electron chi connectivity index (χ0n) is 31.4. The molecule has 0 aliphatic heterocycles. The van der Waals surface area contributed by atoms with Crippen molar-refractivity contribution in [1.82, 2.24) is 19.9 Å². The topological polar surface area (TPSA) is 51.6 Å².